The van der Waals surface area contributed by atoms with Crippen molar-refractivity contribution in [3.8, 4) is 5.75 Å². The molecule has 0 unspecified atom stereocenters. The maximum absolute atomic E-state index is 13.2. The maximum atomic E-state index is 13.2. The molecule has 2 aromatic rings. The van der Waals surface area contributed by atoms with Crippen LogP contribution < -0.4 is 15.4 Å². The number of nitrogens with one attached hydrogen (secondary N) is 2. The molecule has 0 spiro atoms. The van der Waals surface area contributed by atoms with Gasteiger partial charge in [-0.15, -0.1) is 0 Å². The maximum Gasteiger partial charge on any atom is 0.325 e. The molecule has 0 radical (unpaired) electrons. The van der Waals surface area contributed by atoms with Crippen LogP contribution in [0.15, 0.2) is 54.6 Å². The molecule has 1 atom stereocenters. The van der Waals surface area contributed by atoms with Crippen molar-refractivity contribution >= 4 is 17.8 Å². The van der Waals surface area contributed by atoms with E-state index in [9.17, 15) is 14.4 Å². The van der Waals surface area contributed by atoms with Crippen LogP contribution in [0.1, 0.15) is 30.9 Å². The molecule has 1 heterocycles. The third-order valence-corrected chi connectivity index (χ3v) is 5.28. The second kappa shape index (κ2) is 9.43. The minimum atomic E-state index is -1.12. The van der Waals surface area contributed by atoms with Crippen molar-refractivity contribution in [3.05, 3.63) is 65.7 Å². The minimum Gasteiger partial charge on any atom is -0.496 e. The number of carbonyl (C=O) groups is 3. The van der Waals surface area contributed by atoms with Crippen LogP contribution in [0.5, 0.6) is 5.75 Å². The molecule has 0 bridgehead atoms. The van der Waals surface area contributed by atoms with Gasteiger partial charge in [-0.1, -0.05) is 61.9 Å². The number of amides is 4. The summed E-state index contributed by atoms with van der Waals surface area (Å²) in [5.74, 6) is -0.0118. The molecular formula is C23H27N3O4. The van der Waals surface area contributed by atoms with Gasteiger partial charge in [-0.25, -0.2) is 4.79 Å². The lowest BCUT2D eigenvalue weighted by Crippen LogP contribution is -2.45. The van der Waals surface area contributed by atoms with Crippen molar-refractivity contribution in [2.75, 3.05) is 20.2 Å². The molecule has 1 saturated heterocycles. The fourth-order valence-electron chi connectivity index (χ4n) is 3.82. The van der Waals surface area contributed by atoms with Crippen LogP contribution in [0, 0.1) is 0 Å². The highest BCUT2D eigenvalue weighted by Crippen LogP contribution is 2.33. The summed E-state index contributed by atoms with van der Waals surface area (Å²) in [6.45, 7) is 2.02. The van der Waals surface area contributed by atoms with E-state index in [2.05, 4.69) is 10.6 Å². The zero-order valence-corrected chi connectivity index (χ0v) is 17.3. The van der Waals surface area contributed by atoms with E-state index in [1.54, 1.807) is 7.11 Å². The molecule has 158 valence electrons. The first-order chi connectivity index (χ1) is 14.5. The number of ether oxygens (including phenoxy) is 1. The van der Waals surface area contributed by atoms with Crippen LogP contribution in [-0.2, 0) is 21.5 Å². The number of imide groups is 1. The second-order valence-electron chi connectivity index (χ2n) is 7.25. The molecule has 1 fully saturated rings. The molecule has 7 nitrogen and oxygen atoms in total. The van der Waals surface area contributed by atoms with Crippen molar-refractivity contribution in [1.82, 2.24) is 15.5 Å². The number of hydrogen-bond donors (Lipinski definition) is 2. The van der Waals surface area contributed by atoms with Crippen LogP contribution in [0.25, 0.3) is 0 Å². The molecule has 3 rings (SSSR count). The summed E-state index contributed by atoms with van der Waals surface area (Å²) < 4.78 is 5.31. The Morgan fingerprint density at radius 2 is 1.80 bits per heavy atom. The van der Waals surface area contributed by atoms with Crippen molar-refractivity contribution < 1.29 is 19.1 Å². The molecule has 1 aliphatic rings. The summed E-state index contributed by atoms with van der Waals surface area (Å²) in [5, 5.41) is 5.61. The predicted octanol–water partition coefficient (Wildman–Crippen LogP) is 2.60. The molecule has 0 saturated carbocycles. The highest BCUT2D eigenvalue weighted by Gasteiger charge is 2.52. The SMILES string of the molecule is CCC[C@]1(c2ccccc2)NC(=O)N(CC(=O)NCCc2ccccc2OC)C1=O. The van der Waals surface area contributed by atoms with Gasteiger partial charge < -0.3 is 15.4 Å². The Bertz CT molecular complexity index is 916. The first-order valence-corrected chi connectivity index (χ1v) is 10.1. The van der Waals surface area contributed by atoms with Crippen LogP contribution in [0.3, 0.4) is 0 Å². The van der Waals surface area contributed by atoms with Crippen LogP contribution >= 0.6 is 0 Å². The summed E-state index contributed by atoms with van der Waals surface area (Å²) >= 11 is 0. The largest absolute Gasteiger partial charge is 0.496 e. The van der Waals surface area contributed by atoms with E-state index in [1.165, 1.54) is 0 Å². The topological polar surface area (TPSA) is 87.7 Å². The fraction of sp³-hybridized carbons (Fsp3) is 0.348. The average Bonchev–Trinajstić information content (AvgIpc) is 3.00. The average molecular weight is 409 g/mol. The Labute approximate surface area is 176 Å². The Kier molecular flexibility index (Phi) is 6.72. The van der Waals surface area contributed by atoms with E-state index in [0.717, 1.165) is 21.8 Å². The number of carbonyl (C=O) groups excluding carboxylic acids is 3. The van der Waals surface area contributed by atoms with E-state index in [0.29, 0.717) is 25.8 Å². The van der Waals surface area contributed by atoms with Gasteiger partial charge in [0.05, 0.1) is 7.11 Å². The zero-order chi connectivity index (χ0) is 21.6. The van der Waals surface area contributed by atoms with Crippen molar-refractivity contribution in [1.29, 1.82) is 0 Å². The molecule has 30 heavy (non-hydrogen) atoms. The number of benzene rings is 2. The van der Waals surface area contributed by atoms with E-state index >= 15 is 0 Å². The number of urea groups is 1. The van der Waals surface area contributed by atoms with Gasteiger partial charge in [0.1, 0.15) is 17.8 Å². The first-order valence-electron chi connectivity index (χ1n) is 10.1. The van der Waals surface area contributed by atoms with E-state index in [4.69, 9.17) is 4.74 Å². The summed E-state index contributed by atoms with van der Waals surface area (Å²) in [5.41, 5.74) is 0.579. The first kappa shape index (κ1) is 21.4. The van der Waals surface area contributed by atoms with Gasteiger partial charge in [-0.05, 0) is 30.0 Å². The minimum absolute atomic E-state index is 0.311. The molecule has 2 N–H and O–H groups in total. The smallest absolute Gasteiger partial charge is 0.325 e. The Balaban J connectivity index is 1.64. The molecular weight excluding hydrogens is 382 g/mol. The Morgan fingerprint density at radius 1 is 1.10 bits per heavy atom. The van der Waals surface area contributed by atoms with Gasteiger partial charge in [-0.2, -0.15) is 0 Å². The summed E-state index contributed by atoms with van der Waals surface area (Å²) in [7, 11) is 1.60. The standard InChI is InChI=1S/C23H27N3O4/c1-3-14-23(18-10-5-4-6-11-18)21(28)26(22(29)25-23)16-20(27)24-15-13-17-9-7-8-12-19(17)30-2/h4-12H,3,13-16H2,1-2H3,(H,24,27)(H,25,29)/t23-/m1/s1. The fourth-order valence-corrected chi connectivity index (χ4v) is 3.82. The molecule has 0 aliphatic carbocycles. The molecule has 0 aromatic heterocycles. The quantitative estimate of drug-likeness (QED) is 0.623. The normalized spacial score (nSPS) is 18.3. The van der Waals surface area contributed by atoms with Crippen molar-refractivity contribution in [3.63, 3.8) is 0 Å². The van der Waals surface area contributed by atoms with Crippen LogP contribution in [-0.4, -0.2) is 42.9 Å². The Hall–Kier alpha value is -3.35. The van der Waals surface area contributed by atoms with Crippen molar-refractivity contribution in [2.45, 2.75) is 31.7 Å². The predicted molar refractivity (Wildman–Crippen MR) is 113 cm³/mol. The summed E-state index contributed by atoms with van der Waals surface area (Å²) in [6, 6.07) is 16.2. The lowest BCUT2D eigenvalue weighted by atomic mass is 9.85. The van der Waals surface area contributed by atoms with E-state index < -0.39 is 11.6 Å². The monoisotopic (exact) mass is 409 g/mol. The molecule has 2 aromatic carbocycles. The number of para-hydroxylation sites is 1. The van der Waals surface area contributed by atoms with Crippen molar-refractivity contribution in [2.24, 2.45) is 0 Å². The summed E-state index contributed by atoms with van der Waals surface area (Å²) in [6.07, 6.45) is 1.76. The second-order valence-corrected chi connectivity index (χ2v) is 7.25. The highest BCUT2D eigenvalue weighted by molar-refractivity contribution is 6.09. The molecule has 4 amide bonds. The number of hydrogen-bond acceptors (Lipinski definition) is 4. The van der Waals surface area contributed by atoms with Gasteiger partial charge in [0, 0.05) is 6.54 Å². The van der Waals surface area contributed by atoms with Gasteiger partial charge in [0.15, 0.2) is 0 Å². The van der Waals surface area contributed by atoms with Gasteiger partial charge in [0.25, 0.3) is 5.91 Å². The van der Waals surface area contributed by atoms with Crippen LogP contribution in [0.4, 0.5) is 4.79 Å². The number of methoxy groups -OCH3 is 1. The molecule has 7 heteroatoms. The number of nitrogens with zero attached hydrogens (tertiary/aromatic N) is 1. The van der Waals surface area contributed by atoms with Gasteiger partial charge >= 0.3 is 6.03 Å². The third kappa shape index (κ3) is 4.30. The molecule has 1 aliphatic heterocycles. The lowest BCUT2D eigenvalue weighted by Gasteiger charge is -2.26. The Morgan fingerprint density at radius 3 is 2.50 bits per heavy atom. The van der Waals surface area contributed by atoms with Gasteiger partial charge in [-0.3, -0.25) is 14.5 Å². The third-order valence-electron chi connectivity index (χ3n) is 5.28. The number of rotatable bonds is 9. The zero-order valence-electron chi connectivity index (χ0n) is 17.3. The summed E-state index contributed by atoms with van der Waals surface area (Å²) in [4.78, 5) is 39.2. The lowest BCUT2D eigenvalue weighted by molar-refractivity contribution is -0.135. The highest BCUT2D eigenvalue weighted by atomic mass is 16.5. The van der Waals surface area contributed by atoms with Crippen LogP contribution in [0.2, 0.25) is 0 Å². The van der Waals surface area contributed by atoms with Gasteiger partial charge in [0.2, 0.25) is 5.91 Å². The van der Waals surface area contributed by atoms with E-state index in [1.807, 2.05) is 61.5 Å². The van der Waals surface area contributed by atoms with E-state index in [-0.39, 0.29) is 18.4 Å².